The summed E-state index contributed by atoms with van der Waals surface area (Å²) in [5.74, 6) is 0.827. The molecule has 1 N–H and O–H groups in total. The fourth-order valence-corrected chi connectivity index (χ4v) is 2.64. The van der Waals surface area contributed by atoms with Crippen molar-refractivity contribution in [3.8, 4) is 5.75 Å². The van der Waals surface area contributed by atoms with Gasteiger partial charge in [0.15, 0.2) is 0 Å². The Kier molecular flexibility index (Phi) is 6.35. The second kappa shape index (κ2) is 8.48. The molecule has 1 aliphatic rings. The molecule has 0 unspecified atom stereocenters. The van der Waals surface area contributed by atoms with Crippen LogP contribution >= 0.6 is 12.0 Å². The average Bonchev–Trinajstić information content (AvgIpc) is 3.03. The van der Waals surface area contributed by atoms with Crippen molar-refractivity contribution in [3.05, 3.63) is 54.1 Å². The Morgan fingerprint density at radius 3 is 2.26 bits per heavy atom. The second-order valence-electron chi connectivity index (χ2n) is 4.86. The zero-order valence-electron chi connectivity index (χ0n) is 13.7. The van der Waals surface area contributed by atoms with Crippen LogP contribution in [0.4, 0.5) is 10.5 Å². The molecule has 0 aromatic heterocycles. The normalized spacial score (nSPS) is 13.2. The van der Waals surface area contributed by atoms with Crippen molar-refractivity contribution in [2.45, 2.75) is 25.7 Å². The van der Waals surface area contributed by atoms with E-state index in [1.165, 1.54) is 17.6 Å². The van der Waals surface area contributed by atoms with Crippen LogP contribution in [0.25, 0.3) is 0 Å². The van der Waals surface area contributed by atoms with Crippen molar-refractivity contribution in [2.75, 3.05) is 18.0 Å². The number of urea groups is 1. The molecule has 0 saturated carbocycles. The van der Waals surface area contributed by atoms with Gasteiger partial charge in [0, 0.05) is 23.7 Å². The molecule has 0 aliphatic carbocycles. The lowest BCUT2D eigenvalue weighted by Crippen LogP contribution is -2.27. The number of hydrogen-bond acceptors (Lipinski definition) is 3. The van der Waals surface area contributed by atoms with E-state index in [1.807, 2.05) is 69.3 Å². The summed E-state index contributed by atoms with van der Waals surface area (Å²) in [6, 6.07) is 15.7. The minimum absolute atomic E-state index is 0.0358. The summed E-state index contributed by atoms with van der Waals surface area (Å²) in [4.78, 5) is 14.3. The molecule has 2 amide bonds. The molecule has 0 spiro atoms. The van der Waals surface area contributed by atoms with Gasteiger partial charge in [-0.25, -0.2) is 4.79 Å². The number of nitrogens with one attached hydrogen (secondary N) is 1. The van der Waals surface area contributed by atoms with Gasteiger partial charge in [-0.1, -0.05) is 31.5 Å². The Balaban J connectivity index is 0.000000924. The third-order valence-corrected chi connectivity index (χ3v) is 4.00. The monoisotopic (exact) mass is 330 g/mol. The topological polar surface area (TPSA) is 41.6 Å². The van der Waals surface area contributed by atoms with Crippen LogP contribution in [0.3, 0.4) is 0 Å². The van der Waals surface area contributed by atoms with Gasteiger partial charge < -0.3 is 9.50 Å². The summed E-state index contributed by atoms with van der Waals surface area (Å²) >= 11 is 1.31. The predicted molar refractivity (Wildman–Crippen MR) is 96.2 cm³/mol. The van der Waals surface area contributed by atoms with Gasteiger partial charge in [0.05, 0.1) is 12.0 Å². The van der Waals surface area contributed by atoms with Crippen LogP contribution < -0.4 is 14.4 Å². The smallest absolute Gasteiger partial charge is 0.321 e. The van der Waals surface area contributed by atoms with Crippen molar-refractivity contribution < 1.29 is 8.98 Å². The molecule has 5 heteroatoms. The molecule has 1 fully saturated rings. The molecule has 0 radical (unpaired) electrons. The Morgan fingerprint density at radius 2 is 1.70 bits per heavy atom. The maximum absolute atomic E-state index is 11.6. The summed E-state index contributed by atoms with van der Waals surface area (Å²) in [5, 5.41) is 2.79. The summed E-state index contributed by atoms with van der Waals surface area (Å²) in [6.45, 7) is 7.46. The van der Waals surface area contributed by atoms with Crippen LogP contribution in [0, 0.1) is 6.92 Å². The van der Waals surface area contributed by atoms with E-state index >= 15 is 0 Å². The van der Waals surface area contributed by atoms with Gasteiger partial charge in [0.25, 0.3) is 0 Å². The van der Waals surface area contributed by atoms with E-state index in [4.69, 9.17) is 4.18 Å². The van der Waals surface area contributed by atoms with Crippen LogP contribution in [0.15, 0.2) is 53.4 Å². The van der Waals surface area contributed by atoms with E-state index in [1.54, 1.807) is 4.90 Å². The van der Waals surface area contributed by atoms with Gasteiger partial charge in [0.1, 0.15) is 5.75 Å². The third-order valence-electron chi connectivity index (χ3n) is 3.26. The molecule has 1 heterocycles. The Bertz CT molecular complexity index is 626. The molecule has 23 heavy (non-hydrogen) atoms. The first-order chi connectivity index (χ1) is 11.2. The molecule has 122 valence electrons. The van der Waals surface area contributed by atoms with E-state index in [0.717, 1.165) is 16.3 Å². The number of amides is 2. The number of benzene rings is 2. The van der Waals surface area contributed by atoms with E-state index in [-0.39, 0.29) is 6.03 Å². The van der Waals surface area contributed by atoms with Crippen molar-refractivity contribution >= 4 is 23.8 Å². The van der Waals surface area contributed by atoms with E-state index in [2.05, 4.69) is 5.32 Å². The van der Waals surface area contributed by atoms with Crippen molar-refractivity contribution in [1.29, 1.82) is 0 Å². The highest BCUT2D eigenvalue weighted by molar-refractivity contribution is 7.95. The van der Waals surface area contributed by atoms with E-state index in [9.17, 15) is 4.79 Å². The number of carbonyl (C=O) groups excluding carboxylic acids is 1. The zero-order chi connectivity index (χ0) is 16.7. The van der Waals surface area contributed by atoms with Crippen LogP contribution in [0.2, 0.25) is 0 Å². The van der Waals surface area contributed by atoms with Crippen LogP contribution in [0.1, 0.15) is 19.4 Å². The number of rotatable bonds is 4. The number of hydrogen-bond donors (Lipinski definition) is 1. The first kappa shape index (κ1) is 17.2. The van der Waals surface area contributed by atoms with Gasteiger partial charge in [-0.15, -0.1) is 0 Å². The lowest BCUT2D eigenvalue weighted by molar-refractivity contribution is 0.252. The Morgan fingerprint density at radius 1 is 1.04 bits per heavy atom. The minimum atomic E-state index is -0.0358. The largest absolute Gasteiger partial charge is 0.421 e. The quantitative estimate of drug-likeness (QED) is 0.831. The first-order valence-corrected chi connectivity index (χ1v) is 8.53. The van der Waals surface area contributed by atoms with E-state index in [0.29, 0.717) is 13.1 Å². The molecule has 0 bridgehead atoms. The molecule has 4 nitrogen and oxygen atoms in total. The molecular weight excluding hydrogens is 308 g/mol. The molecular formula is C18H22N2O2S. The molecule has 1 saturated heterocycles. The van der Waals surface area contributed by atoms with Gasteiger partial charge in [0.2, 0.25) is 0 Å². The van der Waals surface area contributed by atoms with Crippen molar-refractivity contribution in [1.82, 2.24) is 5.32 Å². The highest BCUT2D eigenvalue weighted by Crippen LogP contribution is 2.26. The predicted octanol–water partition coefficient (Wildman–Crippen LogP) is 4.64. The number of carbonyl (C=O) groups is 1. The highest BCUT2D eigenvalue weighted by Gasteiger charge is 2.20. The van der Waals surface area contributed by atoms with Gasteiger partial charge in [-0.05, 0) is 43.3 Å². The SMILES string of the molecule is CC.Cc1ccc(OSc2ccc(N3CCNC3=O)cc2)cc1. The first-order valence-electron chi connectivity index (χ1n) is 7.79. The average molecular weight is 330 g/mol. The number of nitrogens with zero attached hydrogens (tertiary/aromatic N) is 1. The lowest BCUT2D eigenvalue weighted by Gasteiger charge is -2.14. The molecule has 2 aromatic rings. The fourth-order valence-electron chi connectivity index (χ4n) is 2.09. The highest BCUT2D eigenvalue weighted by atomic mass is 32.2. The Hall–Kier alpha value is -2.14. The standard InChI is InChI=1S/C16H16N2O2S.C2H6/c1-12-2-6-14(7-3-12)20-21-15-8-4-13(5-9-15)18-11-10-17-16(18)19;1-2/h2-9H,10-11H2,1H3,(H,17,19);1-2H3. The third kappa shape index (κ3) is 4.66. The van der Waals surface area contributed by atoms with Crippen LogP contribution in [0.5, 0.6) is 5.75 Å². The van der Waals surface area contributed by atoms with Crippen LogP contribution in [-0.4, -0.2) is 19.1 Å². The summed E-state index contributed by atoms with van der Waals surface area (Å²) in [5.41, 5.74) is 2.12. The Labute approximate surface area is 142 Å². The summed E-state index contributed by atoms with van der Waals surface area (Å²) in [7, 11) is 0. The van der Waals surface area contributed by atoms with E-state index < -0.39 is 0 Å². The minimum Gasteiger partial charge on any atom is -0.421 e. The van der Waals surface area contributed by atoms with Gasteiger partial charge in [-0.3, -0.25) is 4.90 Å². The maximum Gasteiger partial charge on any atom is 0.321 e. The van der Waals surface area contributed by atoms with Crippen molar-refractivity contribution in [2.24, 2.45) is 0 Å². The lowest BCUT2D eigenvalue weighted by atomic mass is 10.2. The number of aryl methyl sites for hydroxylation is 1. The second-order valence-corrected chi connectivity index (χ2v) is 5.66. The van der Waals surface area contributed by atoms with Crippen molar-refractivity contribution in [3.63, 3.8) is 0 Å². The summed E-state index contributed by atoms with van der Waals surface area (Å²) in [6.07, 6.45) is 0. The zero-order valence-corrected chi connectivity index (χ0v) is 14.5. The summed E-state index contributed by atoms with van der Waals surface area (Å²) < 4.78 is 5.66. The maximum atomic E-state index is 11.6. The molecule has 0 atom stereocenters. The van der Waals surface area contributed by atoms with Gasteiger partial charge >= 0.3 is 6.03 Å². The molecule has 1 aliphatic heterocycles. The molecule has 2 aromatic carbocycles. The fraction of sp³-hybridized carbons (Fsp3) is 0.278. The molecule has 3 rings (SSSR count). The van der Waals surface area contributed by atoms with Gasteiger partial charge in [-0.2, -0.15) is 0 Å². The number of anilines is 1. The van der Waals surface area contributed by atoms with Crippen LogP contribution in [-0.2, 0) is 0 Å².